The number of hydrogen-bond acceptors (Lipinski definition) is 4. The molecule has 5 nitrogen and oxygen atoms in total. The molecule has 3 aromatic rings. The SMILES string of the molecule is CCCOc1ccc(C2/C(=C(\O)c3ccc(Cl)cc3)C(=O)C(=O)N2Cc2ccccc2)cc1. The van der Waals surface area contributed by atoms with Crippen molar-refractivity contribution in [1.29, 1.82) is 0 Å². The Bertz CT molecular complexity index is 1170. The highest BCUT2D eigenvalue weighted by Crippen LogP contribution is 2.40. The molecule has 0 aliphatic carbocycles. The number of aliphatic hydroxyl groups excluding tert-OH is 1. The topological polar surface area (TPSA) is 66.8 Å². The van der Waals surface area contributed by atoms with Crippen LogP contribution in [0.15, 0.2) is 84.4 Å². The summed E-state index contributed by atoms with van der Waals surface area (Å²) < 4.78 is 5.67. The van der Waals surface area contributed by atoms with E-state index in [1.54, 1.807) is 24.3 Å². The van der Waals surface area contributed by atoms with Crippen LogP contribution in [0.2, 0.25) is 5.02 Å². The van der Waals surface area contributed by atoms with Gasteiger partial charge in [0.1, 0.15) is 11.5 Å². The molecule has 1 amide bonds. The lowest BCUT2D eigenvalue weighted by Crippen LogP contribution is -2.29. The number of nitrogens with zero attached hydrogens (tertiary/aromatic N) is 1. The average Bonchev–Trinajstić information content (AvgIpc) is 3.08. The first-order chi connectivity index (χ1) is 16.0. The maximum absolute atomic E-state index is 13.1. The Morgan fingerprint density at radius 2 is 1.64 bits per heavy atom. The van der Waals surface area contributed by atoms with Crippen LogP contribution in [-0.2, 0) is 16.1 Å². The van der Waals surface area contributed by atoms with Crippen LogP contribution in [0.4, 0.5) is 0 Å². The van der Waals surface area contributed by atoms with Crippen molar-refractivity contribution in [2.24, 2.45) is 0 Å². The van der Waals surface area contributed by atoms with E-state index >= 15 is 0 Å². The molecule has 0 spiro atoms. The summed E-state index contributed by atoms with van der Waals surface area (Å²) in [4.78, 5) is 27.7. The number of halogens is 1. The maximum atomic E-state index is 13.1. The second-order valence-corrected chi connectivity index (χ2v) is 8.27. The van der Waals surface area contributed by atoms with Gasteiger partial charge in [0.25, 0.3) is 11.7 Å². The van der Waals surface area contributed by atoms with Gasteiger partial charge in [-0.15, -0.1) is 0 Å². The second-order valence-electron chi connectivity index (χ2n) is 7.84. The highest BCUT2D eigenvalue weighted by molar-refractivity contribution is 6.46. The summed E-state index contributed by atoms with van der Waals surface area (Å²) >= 11 is 5.98. The number of carbonyl (C=O) groups is 2. The van der Waals surface area contributed by atoms with Crippen molar-refractivity contribution in [1.82, 2.24) is 4.90 Å². The van der Waals surface area contributed by atoms with Crippen LogP contribution in [0.1, 0.15) is 36.1 Å². The maximum Gasteiger partial charge on any atom is 0.295 e. The van der Waals surface area contributed by atoms with Crippen LogP contribution >= 0.6 is 11.6 Å². The molecule has 1 fully saturated rings. The molecule has 0 radical (unpaired) electrons. The van der Waals surface area contributed by atoms with Crippen LogP contribution in [-0.4, -0.2) is 28.3 Å². The number of Topliss-reactive ketones (excluding diaryl/α,β-unsaturated/α-hetero) is 1. The Morgan fingerprint density at radius 1 is 0.970 bits per heavy atom. The fourth-order valence-corrected chi connectivity index (χ4v) is 4.03. The van der Waals surface area contributed by atoms with E-state index in [9.17, 15) is 14.7 Å². The van der Waals surface area contributed by atoms with Gasteiger partial charge >= 0.3 is 0 Å². The number of carbonyl (C=O) groups excluding carboxylic acids is 2. The van der Waals surface area contributed by atoms with Crippen LogP contribution in [0.3, 0.4) is 0 Å². The normalized spacial score (nSPS) is 17.4. The van der Waals surface area contributed by atoms with Crippen molar-refractivity contribution in [2.75, 3.05) is 6.61 Å². The number of ketones is 1. The summed E-state index contributed by atoms with van der Waals surface area (Å²) in [6.07, 6.45) is 0.889. The fourth-order valence-electron chi connectivity index (χ4n) is 3.90. The number of rotatable bonds is 7. The van der Waals surface area contributed by atoms with Crippen molar-refractivity contribution in [2.45, 2.75) is 25.9 Å². The summed E-state index contributed by atoms with van der Waals surface area (Å²) in [6, 6.07) is 22.5. The van der Waals surface area contributed by atoms with E-state index < -0.39 is 17.7 Å². The largest absolute Gasteiger partial charge is 0.507 e. The Labute approximate surface area is 197 Å². The zero-order valence-corrected chi connectivity index (χ0v) is 19.0. The Kier molecular flexibility index (Phi) is 6.80. The summed E-state index contributed by atoms with van der Waals surface area (Å²) in [5.74, 6) is -0.879. The van der Waals surface area contributed by atoms with E-state index in [0.717, 1.165) is 12.0 Å². The predicted octanol–water partition coefficient (Wildman–Crippen LogP) is 5.75. The van der Waals surface area contributed by atoms with Gasteiger partial charge in [-0.25, -0.2) is 0 Å². The summed E-state index contributed by atoms with van der Waals surface area (Å²) in [5, 5.41) is 11.6. The standard InChI is InChI=1S/C27H24ClNO4/c1-2-16-33-22-14-10-19(11-15-22)24-23(25(30)20-8-12-21(28)13-9-20)26(31)27(32)29(24)17-18-6-4-3-5-7-18/h3-15,24,30H,2,16-17H2,1H3/b25-23+. The van der Waals surface area contributed by atoms with Gasteiger partial charge < -0.3 is 14.7 Å². The molecule has 1 N–H and O–H groups in total. The van der Waals surface area contributed by atoms with Crippen molar-refractivity contribution in [3.05, 3.63) is 106 Å². The number of likely N-dealkylation sites (tertiary alicyclic amines) is 1. The number of hydrogen-bond donors (Lipinski definition) is 1. The van der Waals surface area contributed by atoms with Gasteiger partial charge in [-0.05, 0) is 53.9 Å². The quantitative estimate of drug-likeness (QED) is 0.276. The van der Waals surface area contributed by atoms with Gasteiger partial charge in [0.2, 0.25) is 0 Å². The fraction of sp³-hybridized carbons (Fsp3) is 0.185. The summed E-state index contributed by atoms with van der Waals surface area (Å²) in [7, 11) is 0. The summed E-state index contributed by atoms with van der Waals surface area (Å²) in [6.45, 7) is 2.87. The first kappa shape index (κ1) is 22.6. The van der Waals surface area contributed by atoms with Crippen LogP contribution in [0.25, 0.3) is 5.76 Å². The van der Waals surface area contributed by atoms with E-state index in [-0.39, 0.29) is 17.9 Å². The van der Waals surface area contributed by atoms with Gasteiger partial charge in [-0.3, -0.25) is 9.59 Å². The Balaban J connectivity index is 1.80. The van der Waals surface area contributed by atoms with Crippen LogP contribution in [0.5, 0.6) is 5.75 Å². The van der Waals surface area contributed by atoms with Crippen molar-refractivity contribution < 1.29 is 19.4 Å². The lowest BCUT2D eigenvalue weighted by atomic mass is 9.95. The smallest absolute Gasteiger partial charge is 0.295 e. The van der Waals surface area contributed by atoms with Crippen LogP contribution in [0, 0.1) is 0 Å². The minimum Gasteiger partial charge on any atom is -0.507 e. The van der Waals surface area contributed by atoms with Gasteiger partial charge in [-0.2, -0.15) is 0 Å². The van der Waals surface area contributed by atoms with E-state index in [0.29, 0.717) is 28.5 Å². The van der Waals surface area contributed by atoms with E-state index in [1.807, 2.05) is 61.5 Å². The molecule has 4 rings (SSSR count). The predicted molar refractivity (Wildman–Crippen MR) is 128 cm³/mol. The van der Waals surface area contributed by atoms with Crippen molar-refractivity contribution >= 4 is 29.1 Å². The molecule has 0 saturated carbocycles. The van der Waals surface area contributed by atoms with Crippen molar-refractivity contribution in [3.63, 3.8) is 0 Å². The second kappa shape index (κ2) is 9.92. The Morgan fingerprint density at radius 3 is 2.27 bits per heavy atom. The summed E-state index contributed by atoms with van der Waals surface area (Å²) in [5.41, 5.74) is 2.08. The number of amides is 1. The zero-order valence-electron chi connectivity index (χ0n) is 18.2. The lowest BCUT2D eigenvalue weighted by Gasteiger charge is -2.25. The molecule has 1 saturated heterocycles. The number of ether oxygens (including phenoxy) is 1. The molecule has 168 valence electrons. The van der Waals surface area contributed by atoms with E-state index in [2.05, 4.69) is 0 Å². The zero-order chi connectivity index (χ0) is 23.4. The molecule has 3 aromatic carbocycles. The molecule has 6 heteroatoms. The highest BCUT2D eigenvalue weighted by Gasteiger charge is 2.46. The molecular formula is C27H24ClNO4. The third kappa shape index (κ3) is 4.78. The molecule has 1 aliphatic rings. The van der Waals surface area contributed by atoms with Crippen molar-refractivity contribution in [3.8, 4) is 5.75 Å². The third-order valence-electron chi connectivity index (χ3n) is 5.52. The van der Waals surface area contributed by atoms with E-state index in [4.69, 9.17) is 16.3 Å². The van der Waals surface area contributed by atoms with Gasteiger partial charge in [0, 0.05) is 17.1 Å². The van der Waals surface area contributed by atoms with E-state index in [1.165, 1.54) is 4.90 Å². The van der Waals surface area contributed by atoms with Gasteiger partial charge in [0.15, 0.2) is 0 Å². The minimum absolute atomic E-state index is 0.0560. The third-order valence-corrected chi connectivity index (χ3v) is 5.77. The molecule has 1 atom stereocenters. The number of aliphatic hydroxyl groups is 1. The highest BCUT2D eigenvalue weighted by atomic mass is 35.5. The molecule has 0 bridgehead atoms. The molecule has 0 aromatic heterocycles. The van der Waals surface area contributed by atoms with Gasteiger partial charge in [0.05, 0.1) is 18.2 Å². The minimum atomic E-state index is -0.735. The van der Waals surface area contributed by atoms with Crippen LogP contribution < -0.4 is 4.74 Å². The first-order valence-electron chi connectivity index (χ1n) is 10.8. The average molecular weight is 462 g/mol. The molecule has 1 aliphatic heterocycles. The van der Waals surface area contributed by atoms with Gasteiger partial charge in [-0.1, -0.05) is 61.0 Å². The molecule has 1 heterocycles. The monoisotopic (exact) mass is 461 g/mol. The number of benzene rings is 3. The molecule has 33 heavy (non-hydrogen) atoms. The molecular weight excluding hydrogens is 438 g/mol. The lowest BCUT2D eigenvalue weighted by molar-refractivity contribution is -0.140. The molecule has 1 unspecified atom stereocenters. The first-order valence-corrected chi connectivity index (χ1v) is 11.2. The Hall–Kier alpha value is -3.57.